The van der Waals surface area contributed by atoms with Gasteiger partial charge >= 0.3 is 12.1 Å². The molecule has 4 unspecified atom stereocenters. The highest BCUT2D eigenvalue weighted by Crippen LogP contribution is 2.37. The second-order valence-electron chi connectivity index (χ2n) is 9.44. The number of terminal acetylenes is 1. The lowest BCUT2D eigenvalue weighted by molar-refractivity contribution is -0.146. The molecular weight excluding hydrogens is 535 g/mol. The molecule has 202 valence electrons. The number of aliphatic carboxylic acids is 1. The van der Waals surface area contributed by atoms with E-state index in [2.05, 4.69) is 5.92 Å². The lowest BCUT2D eigenvalue weighted by atomic mass is 9.73. The van der Waals surface area contributed by atoms with Crippen molar-refractivity contribution < 1.29 is 33.4 Å². The zero-order chi connectivity index (χ0) is 27.6. The third-order valence-corrected chi connectivity index (χ3v) is 11.6. The van der Waals surface area contributed by atoms with Gasteiger partial charge in [-0.05, 0) is 18.1 Å². The van der Waals surface area contributed by atoms with Crippen LogP contribution in [0.1, 0.15) is 61.3 Å². The molecule has 11 heteroatoms. The van der Waals surface area contributed by atoms with Crippen molar-refractivity contribution in [1.82, 2.24) is 0 Å². The number of carbonyl (C=O) groups is 3. The van der Waals surface area contributed by atoms with Crippen LogP contribution in [-0.4, -0.2) is 53.9 Å². The number of carbonyl (C=O) groups excluding carboxylic acids is 2. The fourth-order valence-corrected chi connectivity index (χ4v) is 7.24. The quantitative estimate of drug-likeness (QED) is 0.101. The van der Waals surface area contributed by atoms with Gasteiger partial charge in [0.25, 0.3) is 0 Å². The van der Waals surface area contributed by atoms with Crippen molar-refractivity contribution >= 4 is 61.0 Å². The van der Waals surface area contributed by atoms with Gasteiger partial charge in [0.05, 0.1) is 18.4 Å². The largest absolute Gasteiger partial charge is 0.508 e. The molecule has 0 aliphatic heterocycles. The van der Waals surface area contributed by atoms with E-state index in [9.17, 15) is 19.5 Å². The Bertz CT molecular complexity index is 749. The SMILES string of the molecule is C#CCC(C)C(OC(=O)OCC(Cl)(Cl)Cl)C(C)C(=O)C(C)(C)C(CC(=O)O)O[Si](CC)(CC)CC. The second-order valence-corrected chi connectivity index (χ2v) is 16.7. The van der Waals surface area contributed by atoms with Crippen LogP contribution in [0.2, 0.25) is 18.1 Å². The average molecular weight is 574 g/mol. The Hall–Kier alpha value is -0.983. The average Bonchev–Trinajstić information content (AvgIpc) is 2.77. The predicted molar refractivity (Wildman–Crippen MR) is 141 cm³/mol. The number of carboxylic acid groups (broad SMARTS) is 1. The molecule has 0 aromatic rings. The number of Topliss-reactive ketones (excluding diaryl/α,β-unsaturated/α-hetero) is 1. The van der Waals surface area contributed by atoms with Crippen molar-refractivity contribution in [3.8, 4) is 12.3 Å². The molecule has 0 saturated heterocycles. The molecule has 0 radical (unpaired) electrons. The van der Waals surface area contributed by atoms with Gasteiger partial charge < -0.3 is 19.0 Å². The number of ether oxygens (including phenoxy) is 2. The Morgan fingerprint density at radius 3 is 1.97 bits per heavy atom. The second kappa shape index (κ2) is 14.7. The molecule has 35 heavy (non-hydrogen) atoms. The summed E-state index contributed by atoms with van der Waals surface area (Å²) in [5.41, 5.74) is -1.19. The molecule has 0 heterocycles. The molecule has 0 amide bonds. The molecule has 0 saturated carbocycles. The first kappa shape index (κ1) is 34.0. The third-order valence-electron chi connectivity index (χ3n) is 6.62. The third kappa shape index (κ3) is 10.9. The first-order valence-electron chi connectivity index (χ1n) is 11.8. The molecule has 0 aromatic heterocycles. The van der Waals surface area contributed by atoms with E-state index in [0.717, 1.165) is 18.1 Å². The Kier molecular flexibility index (Phi) is 14.3. The topological polar surface area (TPSA) is 99.1 Å². The molecule has 0 bridgehead atoms. The van der Waals surface area contributed by atoms with E-state index in [-0.39, 0.29) is 18.6 Å². The van der Waals surface area contributed by atoms with E-state index in [4.69, 9.17) is 55.1 Å². The zero-order valence-corrected chi connectivity index (χ0v) is 24.9. The van der Waals surface area contributed by atoms with Gasteiger partial charge in [-0.15, -0.1) is 12.3 Å². The van der Waals surface area contributed by atoms with Crippen molar-refractivity contribution in [3.63, 3.8) is 0 Å². The molecule has 7 nitrogen and oxygen atoms in total. The zero-order valence-electron chi connectivity index (χ0n) is 21.7. The molecule has 0 aromatic carbocycles. The highest BCUT2D eigenvalue weighted by Gasteiger charge is 2.47. The van der Waals surface area contributed by atoms with Crippen molar-refractivity contribution in [2.24, 2.45) is 17.3 Å². The van der Waals surface area contributed by atoms with Gasteiger partial charge in [-0.1, -0.05) is 83.3 Å². The highest BCUT2D eigenvalue weighted by molar-refractivity contribution is 6.73. The number of halogens is 3. The van der Waals surface area contributed by atoms with Crippen LogP contribution in [0.25, 0.3) is 0 Å². The van der Waals surface area contributed by atoms with E-state index in [1.807, 2.05) is 20.8 Å². The number of hydrogen-bond donors (Lipinski definition) is 1. The minimum atomic E-state index is -2.24. The van der Waals surface area contributed by atoms with Gasteiger partial charge in [0.2, 0.25) is 3.79 Å². The molecule has 0 spiro atoms. The first-order valence-corrected chi connectivity index (χ1v) is 15.4. The molecular formula is C24H39Cl3O7Si. The Labute approximate surface area is 225 Å². The summed E-state index contributed by atoms with van der Waals surface area (Å²) in [5.74, 6) is -0.0924. The predicted octanol–water partition coefficient (Wildman–Crippen LogP) is 6.63. The summed E-state index contributed by atoms with van der Waals surface area (Å²) in [6.07, 6.45) is 2.47. The van der Waals surface area contributed by atoms with E-state index in [1.54, 1.807) is 27.7 Å². The van der Waals surface area contributed by atoms with Crippen LogP contribution in [0.3, 0.4) is 0 Å². The lowest BCUT2D eigenvalue weighted by Gasteiger charge is -2.42. The number of rotatable bonds is 15. The monoisotopic (exact) mass is 572 g/mol. The first-order chi connectivity index (χ1) is 16.0. The summed E-state index contributed by atoms with van der Waals surface area (Å²) in [6.45, 7) is 12.3. The molecule has 0 aliphatic rings. The maximum absolute atomic E-state index is 13.8. The van der Waals surface area contributed by atoms with Crippen LogP contribution in [0.4, 0.5) is 4.79 Å². The van der Waals surface area contributed by atoms with E-state index < -0.39 is 60.3 Å². The number of hydrogen-bond acceptors (Lipinski definition) is 6. The summed E-state index contributed by atoms with van der Waals surface area (Å²) in [7, 11) is -2.24. The van der Waals surface area contributed by atoms with Gasteiger partial charge in [-0.3, -0.25) is 9.59 Å². The lowest BCUT2D eigenvalue weighted by Crippen LogP contribution is -2.51. The van der Waals surface area contributed by atoms with Crippen LogP contribution < -0.4 is 0 Å². The van der Waals surface area contributed by atoms with Crippen LogP contribution in [0.15, 0.2) is 0 Å². The minimum Gasteiger partial charge on any atom is -0.481 e. The summed E-state index contributed by atoms with van der Waals surface area (Å²) < 4.78 is 15.0. The Morgan fingerprint density at radius 2 is 1.57 bits per heavy atom. The van der Waals surface area contributed by atoms with Gasteiger partial charge in [0.1, 0.15) is 18.5 Å². The fraction of sp³-hybridized carbons (Fsp3) is 0.792. The smallest absolute Gasteiger partial charge is 0.481 e. The summed E-state index contributed by atoms with van der Waals surface area (Å²) in [4.78, 5) is 37.8. The van der Waals surface area contributed by atoms with Crippen LogP contribution in [0, 0.1) is 29.6 Å². The van der Waals surface area contributed by atoms with Crippen LogP contribution in [0.5, 0.6) is 0 Å². The fourth-order valence-electron chi connectivity index (χ4n) is 4.10. The molecule has 0 aliphatic carbocycles. The van der Waals surface area contributed by atoms with Gasteiger partial charge in [-0.25, -0.2) is 4.79 Å². The van der Waals surface area contributed by atoms with Crippen molar-refractivity contribution in [3.05, 3.63) is 0 Å². The molecule has 1 N–H and O–H groups in total. The number of alkyl halides is 3. The van der Waals surface area contributed by atoms with Crippen molar-refractivity contribution in [1.29, 1.82) is 0 Å². The summed E-state index contributed by atoms with van der Waals surface area (Å²) in [5, 5.41) is 9.58. The van der Waals surface area contributed by atoms with E-state index >= 15 is 0 Å². The van der Waals surface area contributed by atoms with E-state index in [0.29, 0.717) is 0 Å². The van der Waals surface area contributed by atoms with E-state index in [1.165, 1.54) is 0 Å². The van der Waals surface area contributed by atoms with Gasteiger partial charge in [-0.2, -0.15) is 0 Å². The van der Waals surface area contributed by atoms with Crippen molar-refractivity contribution in [2.45, 2.75) is 95.4 Å². The molecule has 0 fully saturated rings. The molecule has 0 rings (SSSR count). The molecule has 4 atom stereocenters. The number of ketones is 1. The van der Waals surface area contributed by atoms with Crippen LogP contribution in [-0.2, 0) is 23.5 Å². The van der Waals surface area contributed by atoms with Crippen LogP contribution >= 0.6 is 34.8 Å². The summed E-state index contributed by atoms with van der Waals surface area (Å²) in [6, 6.07) is 2.40. The maximum atomic E-state index is 13.8. The summed E-state index contributed by atoms with van der Waals surface area (Å²) >= 11 is 16.9. The maximum Gasteiger partial charge on any atom is 0.508 e. The van der Waals surface area contributed by atoms with Gasteiger partial charge in [0, 0.05) is 17.8 Å². The minimum absolute atomic E-state index is 0.229. The number of carboxylic acids is 1. The Morgan fingerprint density at radius 1 is 1.06 bits per heavy atom. The standard InChI is InChI=1S/C24H39Cl3O7Si/c1-9-13-16(5)20(33-22(31)32-15-24(25,26)27)17(6)21(30)23(7,8)18(14-19(28)29)34-35(10-2,11-3)12-4/h1,16-18,20H,10-15H2,2-8H3,(H,28,29). The normalized spacial score (nSPS) is 15.9. The van der Waals surface area contributed by atoms with Crippen molar-refractivity contribution in [2.75, 3.05) is 6.61 Å². The highest BCUT2D eigenvalue weighted by atomic mass is 35.6. The Balaban J connectivity index is 6.03. The van der Waals surface area contributed by atoms with Gasteiger partial charge in [0.15, 0.2) is 8.32 Å².